The number of benzene rings is 1. The molecule has 1 aromatic carbocycles. The van der Waals surface area contributed by atoms with Crippen molar-refractivity contribution < 1.29 is 0 Å². The lowest BCUT2D eigenvalue weighted by Crippen LogP contribution is -2.14. The molecule has 0 atom stereocenters. The SMILES string of the molecule is CC(C)c1c(NN)ncnc1Nc1ccc2c(c1)CCC2. The fourth-order valence-electron chi connectivity index (χ4n) is 2.94. The number of nitrogen functional groups attached to an aromatic ring is 1. The second kappa shape index (κ2) is 5.69. The third-order valence-electron chi connectivity index (χ3n) is 3.96. The molecule has 1 aliphatic carbocycles. The van der Waals surface area contributed by atoms with Gasteiger partial charge in [-0.1, -0.05) is 19.9 Å². The number of hydrogen-bond donors (Lipinski definition) is 3. The molecule has 0 fully saturated rings. The fraction of sp³-hybridized carbons (Fsp3) is 0.375. The third-order valence-corrected chi connectivity index (χ3v) is 3.96. The number of fused-ring (bicyclic) bond motifs is 1. The van der Waals surface area contributed by atoms with Crippen LogP contribution in [0.25, 0.3) is 0 Å². The van der Waals surface area contributed by atoms with Gasteiger partial charge in [0.1, 0.15) is 18.0 Å². The van der Waals surface area contributed by atoms with E-state index < -0.39 is 0 Å². The molecule has 0 saturated heterocycles. The normalized spacial score (nSPS) is 13.3. The molecular weight excluding hydrogens is 262 g/mol. The largest absolute Gasteiger partial charge is 0.340 e. The Labute approximate surface area is 125 Å². The summed E-state index contributed by atoms with van der Waals surface area (Å²) < 4.78 is 0. The van der Waals surface area contributed by atoms with Crippen LogP contribution in [0.2, 0.25) is 0 Å². The van der Waals surface area contributed by atoms with Crippen LogP contribution in [0.4, 0.5) is 17.3 Å². The van der Waals surface area contributed by atoms with E-state index in [-0.39, 0.29) is 5.92 Å². The maximum atomic E-state index is 5.56. The standard InChI is InChI=1S/C16H21N5/c1-10(2)14-15(18-9-19-16(14)21-17)20-13-7-6-11-4-3-5-12(11)8-13/h6-10H,3-5,17H2,1-2H3,(H2,18,19,20,21). The van der Waals surface area contributed by atoms with Gasteiger partial charge >= 0.3 is 0 Å². The van der Waals surface area contributed by atoms with E-state index >= 15 is 0 Å². The zero-order chi connectivity index (χ0) is 14.8. The van der Waals surface area contributed by atoms with Crippen LogP contribution in [-0.2, 0) is 12.8 Å². The molecule has 1 heterocycles. The summed E-state index contributed by atoms with van der Waals surface area (Å²) in [4.78, 5) is 8.57. The van der Waals surface area contributed by atoms with Crippen molar-refractivity contribution in [3.8, 4) is 0 Å². The first-order valence-electron chi connectivity index (χ1n) is 7.39. The third kappa shape index (κ3) is 2.69. The maximum Gasteiger partial charge on any atom is 0.148 e. The van der Waals surface area contributed by atoms with Crippen LogP contribution in [0, 0.1) is 0 Å². The van der Waals surface area contributed by atoms with E-state index in [4.69, 9.17) is 5.84 Å². The van der Waals surface area contributed by atoms with Gasteiger partial charge in [-0.15, -0.1) is 0 Å². The molecule has 21 heavy (non-hydrogen) atoms. The van der Waals surface area contributed by atoms with Crippen LogP contribution < -0.4 is 16.6 Å². The Morgan fingerprint density at radius 2 is 1.86 bits per heavy atom. The molecule has 0 saturated carbocycles. The number of nitrogens with zero attached hydrogens (tertiary/aromatic N) is 2. The molecular formula is C16H21N5. The molecule has 0 bridgehead atoms. The molecule has 4 N–H and O–H groups in total. The van der Waals surface area contributed by atoms with Crippen molar-refractivity contribution in [3.63, 3.8) is 0 Å². The first-order chi connectivity index (χ1) is 10.2. The van der Waals surface area contributed by atoms with E-state index in [1.54, 1.807) is 0 Å². The first kappa shape index (κ1) is 13.8. The van der Waals surface area contributed by atoms with Gasteiger partial charge in [-0.3, -0.25) is 0 Å². The highest BCUT2D eigenvalue weighted by Crippen LogP contribution is 2.31. The van der Waals surface area contributed by atoms with Crippen molar-refractivity contribution in [2.75, 3.05) is 10.7 Å². The number of rotatable bonds is 4. The molecule has 5 heteroatoms. The topological polar surface area (TPSA) is 75.9 Å². The minimum atomic E-state index is 0.272. The maximum absolute atomic E-state index is 5.56. The molecule has 110 valence electrons. The molecule has 0 aliphatic heterocycles. The van der Waals surface area contributed by atoms with E-state index in [1.165, 1.54) is 36.7 Å². The van der Waals surface area contributed by atoms with E-state index in [0.29, 0.717) is 5.82 Å². The average molecular weight is 283 g/mol. The molecule has 0 radical (unpaired) electrons. The molecule has 1 aliphatic rings. The van der Waals surface area contributed by atoms with Crippen LogP contribution in [0.1, 0.15) is 42.9 Å². The van der Waals surface area contributed by atoms with Gasteiger partial charge in [0.05, 0.1) is 0 Å². The highest BCUT2D eigenvalue weighted by Gasteiger charge is 2.16. The summed E-state index contributed by atoms with van der Waals surface area (Å²) in [7, 11) is 0. The lowest BCUT2D eigenvalue weighted by molar-refractivity contribution is 0.850. The second-order valence-corrected chi connectivity index (χ2v) is 5.75. The Balaban J connectivity index is 1.94. The summed E-state index contributed by atoms with van der Waals surface area (Å²) in [5.41, 5.74) is 7.63. The molecule has 1 aromatic heterocycles. The van der Waals surface area contributed by atoms with Gasteiger partial charge in [0, 0.05) is 11.3 Å². The van der Waals surface area contributed by atoms with Crippen molar-refractivity contribution in [2.24, 2.45) is 5.84 Å². The summed E-state index contributed by atoms with van der Waals surface area (Å²) in [5, 5.41) is 3.41. The monoisotopic (exact) mass is 283 g/mol. The van der Waals surface area contributed by atoms with Gasteiger partial charge in [0.25, 0.3) is 0 Å². The lowest BCUT2D eigenvalue weighted by Gasteiger charge is -2.16. The number of anilines is 3. The van der Waals surface area contributed by atoms with E-state index in [2.05, 4.69) is 52.8 Å². The van der Waals surface area contributed by atoms with E-state index in [1.807, 2.05) is 0 Å². The van der Waals surface area contributed by atoms with Gasteiger partial charge < -0.3 is 10.7 Å². The number of aromatic nitrogens is 2. The predicted molar refractivity (Wildman–Crippen MR) is 85.7 cm³/mol. The fourth-order valence-corrected chi connectivity index (χ4v) is 2.94. The summed E-state index contributed by atoms with van der Waals surface area (Å²) in [6, 6.07) is 6.55. The zero-order valence-corrected chi connectivity index (χ0v) is 12.5. The van der Waals surface area contributed by atoms with E-state index in [0.717, 1.165) is 17.1 Å². The molecule has 5 nitrogen and oxygen atoms in total. The number of hydrazine groups is 1. The Kier molecular flexibility index (Phi) is 3.75. The van der Waals surface area contributed by atoms with Crippen molar-refractivity contribution in [3.05, 3.63) is 41.2 Å². The van der Waals surface area contributed by atoms with Crippen LogP contribution in [0.3, 0.4) is 0 Å². The molecule has 2 aromatic rings. The quantitative estimate of drug-likeness (QED) is 0.593. The molecule has 3 rings (SSSR count). The van der Waals surface area contributed by atoms with Crippen LogP contribution >= 0.6 is 0 Å². The van der Waals surface area contributed by atoms with Crippen molar-refractivity contribution in [1.29, 1.82) is 0 Å². The zero-order valence-electron chi connectivity index (χ0n) is 12.5. The Morgan fingerprint density at radius 3 is 2.62 bits per heavy atom. The Morgan fingerprint density at radius 1 is 1.10 bits per heavy atom. The second-order valence-electron chi connectivity index (χ2n) is 5.75. The van der Waals surface area contributed by atoms with Gasteiger partial charge in [-0.25, -0.2) is 15.8 Å². The molecule has 0 unspecified atom stereocenters. The van der Waals surface area contributed by atoms with Gasteiger partial charge in [0.2, 0.25) is 0 Å². The van der Waals surface area contributed by atoms with E-state index in [9.17, 15) is 0 Å². The predicted octanol–water partition coefficient (Wildman–Crippen LogP) is 3.12. The molecule has 0 spiro atoms. The number of nitrogens with two attached hydrogens (primary N) is 1. The number of nitrogens with one attached hydrogen (secondary N) is 2. The summed E-state index contributed by atoms with van der Waals surface area (Å²) >= 11 is 0. The summed E-state index contributed by atoms with van der Waals surface area (Å²) in [6.45, 7) is 4.21. The number of hydrogen-bond acceptors (Lipinski definition) is 5. The van der Waals surface area contributed by atoms with Crippen molar-refractivity contribution >= 4 is 17.3 Å². The first-order valence-corrected chi connectivity index (χ1v) is 7.39. The van der Waals surface area contributed by atoms with Gasteiger partial charge in [0.15, 0.2) is 0 Å². The molecule has 0 amide bonds. The summed E-state index contributed by atoms with van der Waals surface area (Å²) in [6.07, 6.45) is 5.14. The minimum absolute atomic E-state index is 0.272. The average Bonchev–Trinajstić information content (AvgIpc) is 2.94. The van der Waals surface area contributed by atoms with Crippen LogP contribution in [-0.4, -0.2) is 9.97 Å². The highest BCUT2D eigenvalue weighted by molar-refractivity contribution is 5.66. The van der Waals surface area contributed by atoms with Crippen LogP contribution in [0.15, 0.2) is 24.5 Å². The van der Waals surface area contributed by atoms with Crippen molar-refractivity contribution in [2.45, 2.75) is 39.0 Å². The smallest absolute Gasteiger partial charge is 0.148 e. The van der Waals surface area contributed by atoms with Crippen molar-refractivity contribution in [1.82, 2.24) is 9.97 Å². The minimum Gasteiger partial charge on any atom is -0.340 e. The van der Waals surface area contributed by atoms with Gasteiger partial charge in [-0.2, -0.15) is 0 Å². The number of aryl methyl sites for hydroxylation is 2. The summed E-state index contributed by atoms with van der Waals surface area (Å²) in [5.74, 6) is 7.31. The van der Waals surface area contributed by atoms with Gasteiger partial charge in [-0.05, 0) is 48.4 Å². The lowest BCUT2D eigenvalue weighted by atomic mass is 10.0. The highest BCUT2D eigenvalue weighted by atomic mass is 15.3. The Bertz CT molecular complexity index is 651. The Hall–Kier alpha value is -2.14. The van der Waals surface area contributed by atoms with Crippen LogP contribution in [0.5, 0.6) is 0 Å².